The van der Waals surface area contributed by atoms with E-state index in [9.17, 15) is 4.79 Å². The van der Waals surface area contributed by atoms with Crippen LogP contribution >= 0.6 is 0 Å². The number of rotatable bonds is 0. The molecule has 4 nitrogen and oxygen atoms in total. The summed E-state index contributed by atoms with van der Waals surface area (Å²) in [6, 6.07) is 7.31. The minimum absolute atomic E-state index is 0.473. The molecule has 2 aliphatic heterocycles. The molecule has 3 rings (SSSR count). The van der Waals surface area contributed by atoms with E-state index in [-0.39, 0.29) is 0 Å². The van der Waals surface area contributed by atoms with Crippen LogP contribution in [0.2, 0.25) is 0 Å². The zero-order valence-electron chi connectivity index (χ0n) is 7.52. The predicted molar refractivity (Wildman–Crippen MR) is 45.4 cm³/mol. The smallest absolute Gasteiger partial charge is 0.382 e. The fourth-order valence-corrected chi connectivity index (χ4v) is 1.65. The molecule has 2 bridgehead atoms. The summed E-state index contributed by atoms with van der Waals surface area (Å²) in [6.45, 7) is 1.56. The molecule has 1 aromatic carbocycles. The Labute approximate surface area is 80.4 Å². The van der Waals surface area contributed by atoms with E-state index in [0.717, 1.165) is 5.56 Å². The molecular weight excluding hydrogens is 184 g/mol. The zero-order valence-corrected chi connectivity index (χ0v) is 7.52. The molecule has 0 aromatic heterocycles. The third kappa shape index (κ3) is 0.834. The summed E-state index contributed by atoms with van der Waals surface area (Å²) in [4.78, 5) is 11.4. The van der Waals surface area contributed by atoms with Crippen LogP contribution in [-0.2, 0) is 14.3 Å². The van der Waals surface area contributed by atoms with Crippen molar-refractivity contribution in [3.05, 3.63) is 29.8 Å². The lowest BCUT2D eigenvalue weighted by Gasteiger charge is -2.27. The van der Waals surface area contributed by atoms with Crippen molar-refractivity contribution < 1.29 is 19.0 Å². The van der Waals surface area contributed by atoms with Crippen molar-refractivity contribution in [3.8, 4) is 5.75 Å². The van der Waals surface area contributed by atoms with E-state index in [0.29, 0.717) is 5.75 Å². The summed E-state index contributed by atoms with van der Waals surface area (Å²) in [6.07, 6.45) is -0.613. The van der Waals surface area contributed by atoms with Crippen molar-refractivity contribution in [1.29, 1.82) is 0 Å². The number of benzene rings is 1. The van der Waals surface area contributed by atoms with Gasteiger partial charge in [-0.3, -0.25) is 4.74 Å². The molecule has 0 aliphatic carbocycles. The van der Waals surface area contributed by atoms with Crippen molar-refractivity contribution in [2.24, 2.45) is 0 Å². The fourth-order valence-electron chi connectivity index (χ4n) is 1.65. The molecule has 14 heavy (non-hydrogen) atoms. The van der Waals surface area contributed by atoms with E-state index in [1.54, 1.807) is 13.0 Å². The van der Waals surface area contributed by atoms with Crippen molar-refractivity contribution in [1.82, 2.24) is 0 Å². The van der Waals surface area contributed by atoms with Gasteiger partial charge in [0.25, 0.3) is 0 Å². The van der Waals surface area contributed by atoms with E-state index < -0.39 is 18.0 Å². The average molecular weight is 192 g/mol. The first-order valence-corrected chi connectivity index (χ1v) is 4.36. The number of hydrogen-bond acceptors (Lipinski definition) is 4. The quantitative estimate of drug-likeness (QED) is 0.582. The molecule has 1 fully saturated rings. The summed E-state index contributed by atoms with van der Waals surface area (Å²) in [5.74, 6) is -1.09. The lowest BCUT2D eigenvalue weighted by Crippen LogP contribution is -2.40. The predicted octanol–water partition coefficient (Wildman–Crippen LogP) is 1.37. The molecule has 2 unspecified atom stereocenters. The number of para-hydroxylation sites is 1. The second-order valence-corrected chi connectivity index (χ2v) is 3.44. The lowest BCUT2D eigenvalue weighted by molar-refractivity contribution is -0.189. The molecule has 0 spiro atoms. The number of carbonyl (C=O) groups excluding carboxylic acids is 1. The minimum atomic E-state index is -1.26. The Balaban J connectivity index is 2.16. The molecule has 0 N–H and O–H groups in total. The van der Waals surface area contributed by atoms with Gasteiger partial charge in [0.05, 0.1) is 5.56 Å². The average Bonchev–Trinajstić information content (AvgIpc) is 2.39. The largest absolute Gasteiger partial charge is 0.451 e. The topological polar surface area (TPSA) is 44.8 Å². The van der Waals surface area contributed by atoms with Crippen LogP contribution in [0.15, 0.2) is 24.3 Å². The van der Waals surface area contributed by atoms with Crippen molar-refractivity contribution in [2.75, 3.05) is 0 Å². The van der Waals surface area contributed by atoms with Gasteiger partial charge in [0, 0.05) is 6.92 Å². The highest BCUT2D eigenvalue weighted by Gasteiger charge is 2.54. The molecule has 0 radical (unpaired) electrons. The van der Waals surface area contributed by atoms with Crippen LogP contribution in [0.25, 0.3) is 0 Å². The SMILES string of the molecule is CC12Oc3ccccc3C(OC1=O)O2. The molecule has 2 atom stereocenters. The highest BCUT2D eigenvalue weighted by molar-refractivity contribution is 5.80. The Kier molecular flexibility index (Phi) is 1.27. The number of fused-ring (bicyclic) bond motifs is 4. The van der Waals surface area contributed by atoms with Gasteiger partial charge < -0.3 is 9.47 Å². The first-order valence-electron chi connectivity index (χ1n) is 4.36. The first kappa shape index (κ1) is 7.82. The Morgan fingerprint density at radius 1 is 1.36 bits per heavy atom. The van der Waals surface area contributed by atoms with Gasteiger partial charge in [-0.15, -0.1) is 0 Å². The molecule has 4 heteroatoms. The number of esters is 1. The zero-order chi connectivity index (χ0) is 9.76. The van der Waals surface area contributed by atoms with Crippen molar-refractivity contribution in [3.63, 3.8) is 0 Å². The Morgan fingerprint density at radius 2 is 2.14 bits per heavy atom. The maximum Gasteiger partial charge on any atom is 0.382 e. The third-order valence-electron chi connectivity index (χ3n) is 2.39. The Hall–Kier alpha value is -1.55. The second-order valence-electron chi connectivity index (χ2n) is 3.44. The van der Waals surface area contributed by atoms with Gasteiger partial charge in [-0.2, -0.15) is 0 Å². The van der Waals surface area contributed by atoms with Gasteiger partial charge in [-0.25, -0.2) is 4.79 Å². The molecule has 0 amide bonds. The van der Waals surface area contributed by atoms with Crippen LogP contribution < -0.4 is 4.74 Å². The molecule has 2 heterocycles. The van der Waals surface area contributed by atoms with Gasteiger partial charge in [-0.05, 0) is 12.1 Å². The normalized spacial score (nSPS) is 33.2. The summed E-state index contributed by atoms with van der Waals surface area (Å²) < 4.78 is 15.8. The maximum atomic E-state index is 11.4. The van der Waals surface area contributed by atoms with E-state index in [4.69, 9.17) is 14.2 Å². The summed E-state index contributed by atoms with van der Waals surface area (Å²) >= 11 is 0. The Bertz CT molecular complexity index is 414. The highest BCUT2D eigenvalue weighted by atomic mass is 16.8. The Morgan fingerprint density at radius 3 is 3.00 bits per heavy atom. The van der Waals surface area contributed by atoms with Crippen molar-refractivity contribution >= 4 is 5.97 Å². The van der Waals surface area contributed by atoms with Gasteiger partial charge in [0.15, 0.2) is 0 Å². The molecule has 1 aromatic rings. The van der Waals surface area contributed by atoms with Crippen LogP contribution in [0.1, 0.15) is 18.8 Å². The van der Waals surface area contributed by atoms with Crippen LogP contribution in [0, 0.1) is 0 Å². The summed E-state index contributed by atoms with van der Waals surface area (Å²) in [7, 11) is 0. The van der Waals surface area contributed by atoms with Gasteiger partial charge in [-0.1, -0.05) is 12.1 Å². The van der Waals surface area contributed by atoms with E-state index in [1.165, 1.54) is 0 Å². The van der Waals surface area contributed by atoms with Crippen LogP contribution in [0.3, 0.4) is 0 Å². The van der Waals surface area contributed by atoms with Gasteiger partial charge in [0.2, 0.25) is 6.29 Å². The van der Waals surface area contributed by atoms with Crippen LogP contribution in [-0.4, -0.2) is 11.8 Å². The molecule has 72 valence electrons. The van der Waals surface area contributed by atoms with Crippen LogP contribution in [0.4, 0.5) is 0 Å². The fraction of sp³-hybridized carbons (Fsp3) is 0.300. The lowest BCUT2D eigenvalue weighted by atomic mass is 10.1. The molecular formula is C10H8O4. The number of hydrogen-bond donors (Lipinski definition) is 0. The number of ether oxygens (including phenoxy) is 3. The number of carbonyl (C=O) groups is 1. The standard InChI is InChI=1S/C10H8O4/c1-10-9(11)12-8(14-10)6-4-2-3-5-7(6)13-10/h2-5,8H,1H3. The van der Waals surface area contributed by atoms with Crippen LogP contribution in [0.5, 0.6) is 5.75 Å². The third-order valence-corrected chi connectivity index (χ3v) is 2.39. The monoisotopic (exact) mass is 192 g/mol. The molecule has 1 saturated heterocycles. The minimum Gasteiger partial charge on any atom is -0.451 e. The first-order chi connectivity index (χ1) is 6.69. The molecule has 0 saturated carbocycles. The van der Waals surface area contributed by atoms with E-state index in [1.807, 2.05) is 18.2 Å². The highest BCUT2D eigenvalue weighted by Crippen LogP contribution is 2.44. The van der Waals surface area contributed by atoms with E-state index in [2.05, 4.69) is 0 Å². The van der Waals surface area contributed by atoms with E-state index >= 15 is 0 Å². The molecule has 2 aliphatic rings. The van der Waals surface area contributed by atoms with Gasteiger partial charge >= 0.3 is 11.8 Å². The maximum absolute atomic E-state index is 11.4. The van der Waals surface area contributed by atoms with Gasteiger partial charge in [0.1, 0.15) is 5.75 Å². The summed E-state index contributed by atoms with van der Waals surface area (Å²) in [5, 5.41) is 0. The van der Waals surface area contributed by atoms with Crippen molar-refractivity contribution in [2.45, 2.75) is 19.0 Å². The summed E-state index contributed by atoms with van der Waals surface area (Å²) in [5.41, 5.74) is 0.760. The second kappa shape index (κ2) is 2.27.